The van der Waals surface area contributed by atoms with Crippen molar-refractivity contribution in [2.24, 2.45) is 0 Å². The van der Waals surface area contributed by atoms with E-state index in [4.69, 9.17) is 0 Å². The van der Waals surface area contributed by atoms with Crippen molar-refractivity contribution >= 4 is 17.4 Å². The van der Waals surface area contributed by atoms with E-state index in [0.717, 1.165) is 5.56 Å². The van der Waals surface area contributed by atoms with Crippen molar-refractivity contribution in [3.63, 3.8) is 0 Å². The Bertz CT molecular complexity index is 833. The van der Waals surface area contributed by atoms with Crippen LogP contribution in [0.4, 0.5) is 10.1 Å². The molecule has 1 unspecified atom stereocenters. The first-order valence-corrected chi connectivity index (χ1v) is 9.56. The van der Waals surface area contributed by atoms with E-state index in [-0.39, 0.29) is 23.5 Å². The Morgan fingerprint density at radius 1 is 1.07 bits per heavy atom. The summed E-state index contributed by atoms with van der Waals surface area (Å²) in [6, 6.07) is 14.4. The Morgan fingerprint density at radius 2 is 1.75 bits per heavy atom. The van der Waals surface area contributed by atoms with Gasteiger partial charge < -0.3 is 10.2 Å². The summed E-state index contributed by atoms with van der Waals surface area (Å²) in [7, 11) is 0. The van der Waals surface area contributed by atoms with Crippen LogP contribution < -0.4 is 10.2 Å². The summed E-state index contributed by atoms with van der Waals surface area (Å²) in [4.78, 5) is 27.7. The quantitative estimate of drug-likeness (QED) is 0.779. The predicted molar refractivity (Wildman–Crippen MR) is 108 cm³/mol. The highest BCUT2D eigenvalue weighted by atomic mass is 19.1. The molecule has 1 aliphatic heterocycles. The molecule has 0 aliphatic carbocycles. The lowest BCUT2D eigenvalue weighted by molar-refractivity contribution is -0.123. The maximum atomic E-state index is 14.3. The molecule has 0 spiro atoms. The average Bonchev–Trinajstić information content (AvgIpc) is 2.69. The molecule has 2 aromatic rings. The summed E-state index contributed by atoms with van der Waals surface area (Å²) in [6.07, 6.45) is 0. The maximum absolute atomic E-state index is 14.3. The number of carbonyl (C=O) groups is 2. The second-order valence-corrected chi connectivity index (χ2v) is 7.19. The molecule has 0 radical (unpaired) electrons. The number of hydrogen-bond donors (Lipinski definition) is 1. The molecular formula is C22H26FN3O2. The van der Waals surface area contributed by atoms with Gasteiger partial charge >= 0.3 is 0 Å². The third-order valence-electron chi connectivity index (χ3n) is 5.11. The zero-order chi connectivity index (χ0) is 20.1. The molecule has 1 amide bonds. The maximum Gasteiger partial charge on any atom is 0.234 e. The van der Waals surface area contributed by atoms with E-state index >= 15 is 0 Å². The van der Waals surface area contributed by atoms with Crippen LogP contribution in [0, 0.1) is 5.82 Å². The molecule has 6 heteroatoms. The van der Waals surface area contributed by atoms with Gasteiger partial charge in [-0.25, -0.2) is 4.39 Å². The Hall–Kier alpha value is -2.73. The first-order valence-electron chi connectivity index (χ1n) is 9.56. The van der Waals surface area contributed by atoms with E-state index < -0.39 is 0 Å². The first-order chi connectivity index (χ1) is 13.4. The van der Waals surface area contributed by atoms with Crippen molar-refractivity contribution < 1.29 is 14.0 Å². The van der Waals surface area contributed by atoms with Crippen LogP contribution in [0.25, 0.3) is 0 Å². The molecule has 148 valence electrons. The number of benzene rings is 2. The van der Waals surface area contributed by atoms with E-state index in [9.17, 15) is 14.0 Å². The van der Waals surface area contributed by atoms with Gasteiger partial charge in [0, 0.05) is 31.7 Å². The number of anilines is 1. The third-order valence-corrected chi connectivity index (χ3v) is 5.11. The van der Waals surface area contributed by atoms with Crippen molar-refractivity contribution in [1.29, 1.82) is 0 Å². The lowest BCUT2D eigenvalue weighted by atomic mass is 10.1. The normalized spacial score (nSPS) is 15.9. The van der Waals surface area contributed by atoms with Crippen LogP contribution in [-0.4, -0.2) is 49.3 Å². The highest BCUT2D eigenvalue weighted by Crippen LogP contribution is 2.22. The topological polar surface area (TPSA) is 52.7 Å². The monoisotopic (exact) mass is 383 g/mol. The van der Waals surface area contributed by atoms with Gasteiger partial charge in [0.25, 0.3) is 0 Å². The minimum Gasteiger partial charge on any atom is -0.367 e. The van der Waals surface area contributed by atoms with Crippen LogP contribution >= 0.6 is 0 Å². The smallest absolute Gasteiger partial charge is 0.234 e. The molecule has 3 rings (SSSR count). The van der Waals surface area contributed by atoms with Gasteiger partial charge in [0.1, 0.15) is 5.82 Å². The van der Waals surface area contributed by atoms with Crippen LogP contribution in [0.2, 0.25) is 0 Å². The fourth-order valence-corrected chi connectivity index (χ4v) is 3.44. The van der Waals surface area contributed by atoms with Gasteiger partial charge in [0.2, 0.25) is 5.91 Å². The zero-order valence-electron chi connectivity index (χ0n) is 16.3. The largest absolute Gasteiger partial charge is 0.367 e. The molecule has 1 fully saturated rings. The molecular weight excluding hydrogens is 357 g/mol. The summed E-state index contributed by atoms with van der Waals surface area (Å²) in [5.74, 6) is -0.539. The highest BCUT2D eigenvalue weighted by molar-refractivity contribution is 5.94. The fraction of sp³-hybridized carbons (Fsp3) is 0.364. The van der Waals surface area contributed by atoms with Crippen LogP contribution in [0.15, 0.2) is 48.5 Å². The van der Waals surface area contributed by atoms with E-state index in [2.05, 4.69) is 10.2 Å². The van der Waals surface area contributed by atoms with Gasteiger partial charge in [-0.2, -0.15) is 0 Å². The number of Topliss-reactive ketones (excluding diaryl/α,β-unsaturated/α-hetero) is 1. The lowest BCUT2D eigenvalue weighted by Gasteiger charge is -2.36. The summed E-state index contributed by atoms with van der Waals surface area (Å²) >= 11 is 0. The van der Waals surface area contributed by atoms with E-state index in [0.29, 0.717) is 44.0 Å². The molecule has 1 heterocycles. The second kappa shape index (κ2) is 8.97. The molecule has 2 aromatic carbocycles. The summed E-state index contributed by atoms with van der Waals surface area (Å²) in [6.45, 7) is 6.37. The molecule has 5 nitrogen and oxygen atoms in total. The van der Waals surface area contributed by atoms with Crippen LogP contribution in [0.3, 0.4) is 0 Å². The molecule has 0 saturated carbocycles. The molecule has 0 aromatic heterocycles. The second-order valence-electron chi connectivity index (χ2n) is 7.19. The lowest BCUT2D eigenvalue weighted by Crippen LogP contribution is -2.49. The Morgan fingerprint density at radius 3 is 2.36 bits per heavy atom. The van der Waals surface area contributed by atoms with Crippen molar-refractivity contribution in [3.8, 4) is 0 Å². The number of amides is 1. The van der Waals surface area contributed by atoms with Crippen LogP contribution in [0.1, 0.15) is 35.8 Å². The van der Waals surface area contributed by atoms with Gasteiger partial charge in [-0.3, -0.25) is 14.5 Å². The number of nitrogens with zero attached hydrogens (tertiary/aromatic N) is 2. The average molecular weight is 383 g/mol. The molecule has 28 heavy (non-hydrogen) atoms. The van der Waals surface area contributed by atoms with Gasteiger partial charge in [-0.1, -0.05) is 30.3 Å². The SMILES string of the molecule is CC(=O)c1ccc(N2CCN(CC(=O)NC(C)c3ccccc3)CC2)c(F)c1. The van der Waals surface area contributed by atoms with Crippen molar-refractivity contribution in [2.75, 3.05) is 37.6 Å². The minimum atomic E-state index is -0.379. The van der Waals surface area contributed by atoms with E-state index in [1.54, 1.807) is 12.1 Å². The summed E-state index contributed by atoms with van der Waals surface area (Å²) in [5, 5.41) is 3.03. The first kappa shape index (κ1) is 20.0. The molecule has 1 N–H and O–H groups in total. The predicted octanol–water partition coefficient (Wildman–Crippen LogP) is 3.03. The summed E-state index contributed by atoms with van der Waals surface area (Å²) in [5.41, 5.74) is 1.96. The van der Waals surface area contributed by atoms with Crippen molar-refractivity contribution in [1.82, 2.24) is 10.2 Å². The summed E-state index contributed by atoms with van der Waals surface area (Å²) < 4.78 is 14.3. The molecule has 1 saturated heterocycles. The van der Waals surface area contributed by atoms with Crippen molar-refractivity contribution in [2.45, 2.75) is 19.9 Å². The number of piperazine rings is 1. The van der Waals surface area contributed by atoms with Gasteiger partial charge in [-0.15, -0.1) is 0 Å². The third kappa shape index (κ3) is 4.95. The number of carbonyl (C=O) groups excluding carboxylic acids is 2. The number of hydrogen-bond acceptors (Lipinski definition) is 4. The molecule has 1 aliphatic rings. The van der Waals surface area contributed by atoms with Crippen molar-refractivity contribution in [3.05, 3.63) is 65.5 Å². The highest BCUT2D eigenvalue weighted by Gasteiger charge is 2.22. The van der Waals surface area contributed by atoms with E-state index in [1.807, 2.05) is 42.2 Å². The Labute approximate surface area is 165 Å². The fourth-order valence-electron chi connectivity index (χ4n) is 3.44. The van der Waals surface area contributed by atoms with Crippen LogP contribution in [0.5, 0.6) is 0 Å². The number of halogens is 1. The number of ketones is 1. The van der Waals surface area contributed by atoms with Gasteiger partial charge in [0.15, 0.2) is 5.78 Å². The van der Waals surface area contributed by atoms with E-state index in [1.165, 1.54) is 13.0 Å². The zero-order valence-corrected chi connectivity index (χ0v) is 16.3. The molecule has 1 atom stereocenters. The number of nitrogens with one attached hydrogen (secondary N) is 1. The number of rotatable bonds is 6. The standard InChI is InChI=1S/C22H26FN3O2/c1-16(18-6-4-3-5-7-18)24-22(28)15-25-10-12-26(13-11-25)21-9-8-19(17(2)27)14-20(21)23/h3-9,14,16H,10-13,15H2,1-2H3,(H,24,28). The van der Waals surface area contributed by atoms with Gasteiger partial charge in [0.05, 0.1) is 18.3 Å². The molecule has 0 bridgehead atoms. The van der Waals surface area contributed by atoms with Gasteiger partial charge in [-0.05, 0) is 37.6 Å². The minimum absolute atomic E-state index is 0.0122. The Balaban J connectivity index is 1.50. The Kier molecular flexibility index (Phi) is 6.41. The van der Waals surface area contributed by atoms with Crippen LogP contribution in [-0.2, 0) is 4.79 Å².